The van der Waals surface area contributed by atoms with Gasteiger partial charge in [0.05, 0.1) is 11.0 Å². The number of hydrogen-bond donors (Lipinski definition) is 0. The van der Waals surface area contributed by atoms with E-state index in [-0.39, 0.29) is 10.7 Å². The van der Waals surface area contributed by atoms with Crippen LogP contribution in [0.1, 0.15) is 11.6 Å². The number of benzene rings is 2. The zero-order valence-corrected chi connectivity index (χ0v) is 14.4. The molecule has 0 aromatic heterocycles. The van der Waals surface area contributed by atoms with Gasteiger partial charge in [0.15, 0.2) is 0 Å². The Hall–Kier alpha value is -2.27. The summed E-state index contributed by atoms with van der Waals surface area (Å²) < 4.78 is 39.8. The Kier molecular flexibility index (Phi) is 5.13. The smallest absolute Gasteiger partial charge is 0.243 e. The topological polar surface area (TPSA) is 64.4 Å². The molecule has 0 radical (unpaired) electrons. The highest BCUT2D eigenvalue weighted by molar-refractivity contribution is 7.89. The SMILES string of the molecule is N#CC(c1ccc(F)cc1)N1CCN(S(=O)(=O)c2ccccc2)CC1. The van der Waals surface area contributed by atoms with Gasteiger partial charge in [0.25, 0.3) is 0 Å². The van der Waals surface area contributed by atoms with Gasteiger partial charge in [0, 0.05) is 26.2 Å². The number of nitriles is 1. The molecule has 3 rings (SSSR count). The Balaban J connectivity index is 1.71. The van der Waals surface area contributed by atoms with E-state index in [1.54, 1.807) is 42.5 Å². The molecule has 0 saturated carbocycles. The molecule has 0 N–H and O–H groups in total. The molecule has 7 heteroatoms. The van der Waals surface area contributed by atoms with Gasteiger partial charge in [0.2, 0.25) is 10.0 Å². The van der Waals surface area contributed by atoms with Crippen LogP contribution < -0.4 is 0 Å². The minimum atomic E-state index is -3.51. The summed E-state index contributed by atoms with van der Waals surface area (Å²) in [7, 11) is -3.51. The molecule has 1 unspecified atom stereocenters. The minimum absolute atomic E-state index is 0.277. The van der Waals surface area contributed by atoms with Gasteiger partial charge in [-0.3, -0.25) is 4.90 Å². The number of nitrogens with zero attached hydrogens (tertiary/aromatic N) is 3. The molecule has 1 aliphatic rings. The van der Waals surface area contributed by atoms with E-state index in [0.29, 0.717) is 31.7 Å². The number of rotatable bonds is 4. The van der Waals surface area contributed by atoms with E-state index in [2.05, 4.69) is 6.07 Å². The molecule has 1 atom stereocenters. The van der Waals surface area contributed by atoms with E-state index in [1.165, 1.54) is 16.4 Å². The lowest BCUT2D eigenvalue weighted by Gasteiger charge is -2.36. The van der Waals surface area contributed by atoms with Crippen molar-refractivity contribution in [1.29, 1.82) is 5.26 Å². The maximum Gasteiger partial charge on any atom is 0.243 e. The first-order valence-corrected chi connectivity index (χ1v) is 9.41. The Morgan fingerprint density at radius 2 is 1.56 bits per heavy atom. The molecule has 0 amide bonds. The van der Waals surface area contributed by atoms with Crippen LogP contribution in [0.5, 0.6) is 0 Å². The average molecular weight is 359 g/mol. The first kappa shape index (κ1) is 17.5. The highest BCUT2D eigenvalue weighted by atomic mass is 32.2. The van der Waals surface area contributed by atoms with E-state index < -0.39 is 16.1 Å². The maximum atomic E-state index is 13.1. The number of hydrogen-bond acceptors (Lipinski definition) is 4. The van der Waals surface area contributed by atoms with Gasteiger partial charge in [-0.15, -0.1) is 0 Å². The van der Waals surface area contributed by atoms with Crippen molar-refractivity contribution in [3.05, 3.63) is 66.0 Å². The number of halogens is 1. The van der Waals surface area contributed by atoms with Crippen LogP contribution in [0.15, 0.2) is 59.5 Å². The summed E-state index contributed by atoms with van der Waals surface area (Å²) in [5.41, 5.74) is 0.711. The van der Waals surface area contributed by atoms with E-state index in [0.717, 1.165) is 0 Å². The minimum Gasteiger partial charge on any atom is -0.282 e. The third kappa shape index (κ3) is 3.71. The maximum absolute atomic E-state index is 13.1. The summed E-state index contributed by atoms with van der Waals surface area (Å²) in [6.07, 6.45) is 0. The van der Waals surface area contributed by atoms with Crippen LogP contribution in [0, 0.1) is 17.1 Å². The van der Waals surface area contributed by atoms with Crippen LogP contribution >= 0.6 is 0 Å². The molecule has 1 fully saturated rings. The molecular weight excluding hydrogens is 341 g/mol. The van der Waals surface area contributed by atoms with Crippen LogP contribution in [0.4, 0.5) is 4.39 Å². The molecule has 0 spiro atoms. The Labute approximate surface area is 147 Å². The molecule has 130 valence electrons. The van der Waals surface area contributed by atoms with Gasteiger partial charge in [0.1, 0.15) is 11.9 Å². The van der Waals surface area contributed by atoms with Crippen molar-refractivity contribution >= 4 is 10.0 Å². The van der Waals surface area contributed by atoms with Crippen LogP contribution in [0.25, 0.3) is 0 Å². The molecule has 25 heavy (non-hydrogen) atoms. The molecule has 2 aromatic rings. The van der Waals surface area contributed by atoms with E-state index in [9.17, 15) is 18.1 Å². The van der Waals surface area contributed by atoms with Crippen molar-refractivity contribution in [1.82, 2.24) is 9.21 Å². The average Bonchev–Trinajstić information content (AvgIpc) is 2.65. The van der Waals surface area contributed by atoms with Crippen LogP contribution in [-0.4, -0.2) is 43.8 Å². The van der Waals surface area contributed by atoms with Gasteiger partial charge in [-0.2, -0.15) is 9.57 Å². The van der Waals surface area contributed by atoms with Crippen molar-refractivity contribution in [2.75, 3.05) is 26.2 Å². The summed E-state index contributed by atoms with van der Waals surface area (Å²) in [4.78, 5) is 2.20. The van der Waals surface area contributed by atoms with Crippen molar-refractivity contribution < 1.29 is 12.8 Å². The second-order valence-electron chi connectivity index (χ2n) is 5.84. The van der Waals surface area contributed by atoms with Crippen molar-refractivity contribution in [3.63, 3.8) is 0 Å². The lowest BCUT2D eigenvalue weighted by molar-refractivity contribution is 0.162. The fourth-order valence-corrected chi connectivity index (χ4v) is 4.40. The highest BCUT2D eigenvalue weighted by Gasteiger charge is 2.31. The van der Waals surface area contributed by atoms with Gasteiger partial charge in [-0.05, 0) is 29.8 Å². The largest absolute Gasteiger partial charge is 0.282 e. The van der Waals surface area contributed by atoms with Crippen LogP contribution in [0.3, 0.4) is 0 Å². The summed E-state index contributed by atoms with van der Waals surface area (Å²) in [6, 6.07) is 15.9. The molecule has 1 heterocycles. The third-order valence-corrected chi connectivity index (χ3v) is 6.24. The van der Waals surface area contributed by atoms with Gasteiger partial charge >= 0.3 is 0 Å². The zero-order chi connectivity index (χ0) is 17.9. The monoisotopic (exact) mass is 359 g/mol. The summed E-state index contributed by atoms with van der Waals surface area (Å²) >= 11 is 0. The molecule has 5 nitrogen and oxygen atoms in total. The molecule has 0 bridgehead atoms. The third-order valence-electron chi connectivity index (χ3n) is 4.33. The zero-order valence-electron chi connectivity index (χ0n) is 13.5. The quantitative estimate of drug-likeness (QED) is 0.841. The Bertz CT molecular complexity index is 855. The second-order valence-corrected chi connectivity index (χ2v) is 7.77. The van der Waals surface area contributed by atoms with Crippen molar-refractivity contribution in [3.8, 4) is 6.07 Å². The molecule has 1 aliphatic heterocycles. The Morgan fingerprint density at radius 3 is 2.12 bits per heavy atom. The molecule has 2 aromatic carbocycles. The molecule has 0 aliphatic carbocycles. The van der Waals surface area contributed by atoms with Gasteiger partial charge in [-0.25, -0.2) is 12.8 Å². The fraction of sp³-hybridized carbons (Fsp3) is 0.278. The van der Waals surface area contributed by atoms with Gasteiger partial charge < -0.3 is 0 Å². The predicted molar refractivity (Wildman–Crippen MR) is 91.5 cm³/mol. The van der Waals surface area contributed by atoms with Crippen molar-refractivity contribution in [2.45, 2.75) is 10.9 Å². The standard InChI is InChI=1S/C18H18FN3O2S/c19-16-8-6-15(7-9-16)18(14-20)21-10-12-22(13-11-21)25(23,24)17-4-2-1-3-5-17/h1-9,18H,10-13H2. The van der Waals surface area contributed by atoms with E-state index >= 15 is 0 Å². The normalized spacial score (nSPS) is 17.8. The lowest BCUT2D eigenvalue weighted by atomic mass is 10.1. The van der Waals surface area contributed by atoms with E-state index in [4.69, 9.17) is 0 Å². The summed E-state index contributed by atoms with van der Waals surface area (Å²) in [6.45, 7) is 1.52. The van der Waals surface area contributed by atoms with Crippen LogP contribution in [0.2, 0.25) is 0 Å². The molecule has 1 saturated heterocycles. The Morgan fingerprint density at radius 1 is 0.960 bits per heavy atom. The van der Waals surface area contributed by atoms with Crippen molar-refractivity contribution in [2.24, 2.45) is 0 Å². The van der Waals surface area contributed by atoms with Gasteiger partial charge in [-0.1, -0.05) is 30.3 Å². The first-order valence-electron chi connectivity index (χ1n) is 7.97. The number of sulfonamides is 1. The van der Waals surface area contributed by atoms with E-state index in [1.807, 2.05) is 4.90 Å². The second kappa shape index (κ2) is 7.31. The first-order chi connectivity index (χ1) is 12.0. The predicted octanol–water partition coefficient (Wildman–Crippen LogP) is 2.40. The molecular formula is C18H18FN3O2S. The lowest BCUT2D eigenvalue weighted by Crippen LogP contribution is -2.49. The number of piperazine rings is 1. The highest BCUT2D eigenvalue weighted by Crippen LogP contribution is 2.24. The fourth-order valence-electron chi connectivity index (χ4n) is 2.96. The van der Waals surface area contributed by atoms with Crippen LogP contribution in [-0.2, 0) is 10.0 Å². The summed E-state index contributed by atoms with van der Waals surface area (Å²) in [5, 5.41) is 9.49. The summed E-state index contributed by atoms with van der Waals surface area (Å²) in [5.74, 6) is -0.348.